The molecule has 0 aliphatic heterocycles. The summed E-state index contributed by atoms with van der Waals surface area (Å²) in [6.45, 7) is 8.47. The minimum absolute atomic E-state index is 0.417. The van der Waals surface area contributed by atoms with E-state index < -0.39 is 14.9 Å². The first-order valence-electron chi connectivity index (χ1n) is 9.93. The zero-order valence-corrected chi connectivity index (χ0v) is 18.1. The summed E-state index contributed by atoms with van der Waals surface area (Å²) in [5.41, 5.74) is 0. The Hall–Kier alpha value is -0.855. The van der Waals surface area contributed by atoms with Crippen LogP contribution in [0.25, 0.3) is 0 Å². The molecule has 28 heavy (non-hydrogen) atoms. The maximum absolute atomic E-state index is 12.4. The topological polar surface area (TPSA) is 44.3 Å². The van der Waals surface area contributed by atoms with Crippen molar-refractivity contribution in [3.8, 4) is 0 Å². The largest absolute Gasteiger partial charge is 0.673 e. The molecule has 0 fully saturated rings. The normalized spacial score (nSPS) is 12.0. The molecule has 0 aliphatic rings. The zero-order chi connectivity index (χ0) is 21.5. The molecule has 0 amide bonds. The minimum Gasteiger partial charge on any atom is -0.418 e. The zero-order valence-electron chi connectivity index (χ0n) is 17.2. The predicted octanol–water partition coefficient (Wildman–Crippen LogP) is 5.70. The number of halogens is 4. The second-order valence-electron chi connectivity index (χ2n) is 6.32. The standard InChI is InChI=1S/C17H34N2O3P.BF4/c1-4-7-8-9-10-11-12-18-13-14-19(17-18)15-16-23(20,21-5-2)22-6-3;2-1(3,4)5/h13-14,17H,4-12,15-16H2,1-3H3;/q+1;-1. The Bertz CT molecular complexity index is 543. The first-order chi connectivity index (χ1) is 13.1. The van der Waals surface area contributed by atoms with E-state index in [1.807, 2.05) is 20.0 Å². The highest BCUT2D eigenvalue weighted by Gasteiger charge is 2.24. The van der Waals surface area contributed by atoms with Crippen LogP contribution in [-0.4, -0.2) is 31.2 Å². The van der Waals surface area contributed by atoms with Crippen molar-refractivity contribution < 1.29 is 35.4 Å². The van der Waals surface area contributed by atoms with Gasteiger partial charge in [0.1, 0.15) is 18.9 Å². The van der Waals surface area contributed by atoms with Crippen molar-refractivity contribution in [3.63, 3.8) is 0 Å². The van der Waals surface area contributed by atoms with Gasteiger partial charge in [0.2, 0.25) is 6.33 Å². The van der Waals surface area contributed by atoms with Gasteiger partial charge in [0, 0.05) is 0 Å². The second-order valence-corrected chi connectivity index (χ2v) is 8.51. The van der Waals surface area contributed by atoms with Gasteiger partial charge < -0.3 is 26.3 Å². The molecular weight excluding hydrogens is 398 g/mol. The number of rotatable bonds is 14. The molecule has 0 bridgehead atoms. The third kappa shape index (κ3) is 16.1. The summed E-state index contributed by atoms with van der Waals surface area (Å²) < 4.78 is 66.3. The SMILES string of the molecule is CCCCCCCC[n+]1ccn(CCP(=O)(OCC)OCC)c1.F[B-](F)(F)F. The number of aromatic nitrogens is 2. The van der Waals surface area contributed by atoms with Gasteiger partial charge in [-0.2, -0.15) is 0 Å². The molecule has 5 nitrogen and oxygen atoms in total. The fourth-order valence-electron chi connectivity index (χ4n) is 2.58. The van der Waals surface area contributed by atoms with E-state index in [1.165, 1.54) is 38.5 Å². The van der Waals surface area contributed by atoms with Crippen LogP contribution in [0.4, 0.5) is 17.3 Å². The summed E-state index contributed by atoms with van der Waals surface area (Å²) in [4.78, 5) is 0. The van der Waals surface area contributed by atoms with Gasteiger partial charge in [-0.3, -0.25) is 4.57 Å². The van der Waals surface area contributed by atoms with Crippen LogP contribution in [0.3, 0.4) is 0 Å². The summed E-state index contributed by atoms with van der Waals surface area (Å²) in [6, 6.07) is 0. The molecule has 0 aromatic carbocycles. The fraction of sp³-hybridized carbons (Fsp3) is 0.824. The molecule has 1 aromatic heterocycles. The van der Waals surface area contributed by atoms with Gasteiger partial charge in [-0.1, -0.05) is 32.6 Å². The third-order valence-electron chi connectivity index (χ3n) is 3.80. The van der Waals surface area contributed by atoms with Gasteiger partial charge in [-0.05, 0) is 26.7 Å². The summed E-state index contributed by atoms with van der Waals surface area (Å²) in [6.07, 6.45) is 14.4. The van der Waals surface area contributed by atoms with E-state index in [0.29, 0.717) is 25.9 Å². The van der Waals surface area contributed by atoms with Gasteiger partial charge in [-0.15, -0.1) is 0 Å². The summed E-state index contributed by atoms with van der Waals surface area (Å²) in [5, 5.41) is 0. The molecule has 166 valence electrons. The lowest BCUT2D eigenvalue weighted by atomic mass is 10.1. The summed E-state index contributed by atoms with van der Waals surface area (Å²) >= 11 is 0. The summed E-state index contributed by atoms with van der Waals surface area (Å²) in [7, 11) is -8.94. The van der Waals surface area contributed by atoms with E-state index in [-0.39, 0.29) is 0 Å². The predicted molar refractivity (Wildman–Crippen MR) is 104 cm³/mol. The Labute approximate surface area is 166 Å². The highest BCUT2D eigenvalue weighted by Crippen LogP contribution is 2.47. The van der Waals surface area contributed by atoms with Crippen LogP contribution in [0.1, 0.15) is 59.3 Å². The van der Waals surface area contributed by atoms with Gasteiger partial charge in [0.15, 0.2) is 0 Å². The average Bonchev–Trinajstić information content (AvgIpc) is 3.03. The molecule has 0 saturated heterocycles. The molecule has 0 radical (unpaired) electrons. The highest BCUT2D eigenvalue weighted by molar-refractivity contribution is 7.53. The monoisotopic (exact) mass is 432 g/mol. The van der Waals surface area contributed by atoms with E-state index in [2.05, 4.69) is 28.6 Å². The molecule has 0 unspecified atom stereocenters. The van der Waals surface area contributed by atoms with Crippen LogP contribution in [0.5, 0.6) is 0 Å². The van der Waals surface area contributed by atoms with Crippen LogP contribution in [-0.2, 0) is 26.7 Å². The lowest BCUT2D eigenvalue weighted by molar-refractivity contribution is -0.696. The Balaban J connectivity index is 0.00000129. The fourth-order valence-corrected chi connectivity index (χ4v) is 4.17. The molecule has 1 aromatic rings. The Morgan fingerprint density at radius 1 is 0.964 bits per heavy atom. The van der Waals surface area contributed by atoms with Crippen molar-refractivity contribution in [1.29, 1.82) is 0 Å². The van der Waals surface area contributed by atoms with E-state index >= 15 is 0 Å². The lowest BCUT2D eigenvalue weighted by Gasteiger charge is -2.15. The van der Waals surface area contributed by atoms with Crippen molar-refractivity contribution in [2.75, 3.05) is 19.4 Å². The lowest BCUT2D eigenvalue weighted by Crippen LogP contribution is -2.31. The minimum atomic E-state index is -6.00. The number of aryl methyl sites for hydroxylation is 2. The number of hydrogen-bond donors (Lipinski definition) is 0. The smallest absolute Gasteiger partial charge is 0.418 e. The van der Waals surface area contributed by atoms with Crippen LogP contribution in [0.2, 0.25) is 0 Å². The highest BCUT2D eigenvalue weighted by atomic mass is 31.2. The van der Waals surface area contributed by atoms with E-state index in [9.17, 15) is 21.8 Å². The first kappa shape index (κ1) is 27.1. The van der Waals surface area contributed by atoms with Crippen LogP contribution in [0.15, 0.2) is 18.7 Å². The Morgan fingerprint density at radius 2 is 1.50 bits per heavy atom. The van der Waals surface area contributed by atoms with Crippen molar-refractivity contribution in [2.24, 2.45) is 0 Å². The first-order valence-corrected chi connectivity index (χ1v) is 11.7. The van der Waals surface area contributed by atoms with Crippen LogP contribution in [0, 0.1) is 0 Å². The molecule has 0 aliphatic carbocycles. The second kappa shape index (κ2) is 15.0. The quantitative estimate of drug-likeness (QED) is 0.125. The molecule has 0 N–H and O–H groups in total. The number of nitrogens with zero attached hydrogens (tertiary/aromatic N) is 2. The number of unbranched alkanes of at least 4 members (excludes halogenated alkanes) is 5. The molecule has 1 heterocycles. The van der Waals surface area contributed by atoms with Gasteiger partial charge in [0.05, 0.1) is 25.9 Å². The number of imidazole rings is 1. The van der Waals surface area contributed by atoms with E-state index in [4.69, 9.17) is 9.05 Å². The molecule has 11 heteroatoms. The molecule has 0 saturated carbocycles. The third-order valence-corrected chi connectivity index (χ3v) is 5.85. The van der Waals surface area contributed by atoms with Crippen molar-refractivity contribution in [1.82, 2.24) is 4.57 Å². The molecule has 0 atom stereocenters. The van der Waals surface area contributed by atoms with E-state index in [1.54, 1.807) is 0 Å². The van der Waals surface area contributed by atoms with Gasteiger partial charge in [-0.25, -0.2) is 9.13 Å². The van der Waals surface area contributed by atoms with Gasteiger partial charge in [0.25, 0.3) is 0 Å². The van der Waals surface area contributed by atoms with Crippen molar-refractivity contribution >= 4 is 14.9 Å². The maximum atomic E-state index is 12.4. The Kier molecular flexibility index (Phi) is 14.6. The van der Waals surface area contributed by atoms with Crippen LogP contribution >= 0.6 is 7.60 Å². The van der Waals surface area contributed by atoms with Gasteiger partial charge >= 0.3 is 14.9 Å². The molecule has 0 spiro atoms. The van der Waals surface area contributed by atoms with Crippen LogP contribution < -0.4 is 4.57 Å². The average molecular weight is 432 g/mol. The van der Waals surface area contributed by atoms with Crippen molar-refractivity contribution in [3.05, 3.63) is 18.7 Å². The number of hydrogen-bond acceptors (Lipinski definition) is 3. The molecule has 1 rings (SSSR count). The Morgan fingerprint density at radius 3 is 2.04 bits per heavy atom. The van der Waals surface area contributed by atoms with Crippen molar-refractivity contribution in [2.45, 2.75) is 72.4 Å². The summed E-state index contributed by atoms with van der Waals surface area (Å²) in [5.74, 6) is 0. The van der Waals surface area contributed by atoms with E-state index in [0.717, 1.165) is 6.54 Å². The molecular formula is C17H34BF4N2O3P. The maximum Gasteiger partial charge on any atom is 0.673 e.